The van der Waals surface area contributed by atoms with Crippen molar-refractivity contribution >= 4 is 5.96 Å². The predicted octanol–water partition coefficient (Wildman–Crippen LogP) is 2.43. The Morgan fingerprint density at radius 3 is 2.25 bits per heavy atom. The van der Waals surface area contributed by atoms with Crippen LogP contribution in [-0.2, 0) is 4.74 Å². The van der Waals surface area contributed by atoms with Gasteiger partial charge in [-0.3, -0.25) is 9.89 Å². The van der Waals surface area contributed by atoms with Gasteiger partial charge in [0.05, 0.1) is 13.2 Å². The fraction of sp³-hybridized carbons (Fsp3) is 0.947. The molecule has 0 saturated carbocycles. The van der Waals surface area contributed by atoms with Crippen molar-refractivity contribution in [3.63, 3.8) is 0 Å². The SMILES string of the molecule is CN=C(NCC(CC(C)C)N1CCOCC1)N1CC(C)(C)C1(C)C. The average Bonchev–Trinajstić information content (AvgIpc) is 2.53. The molecule has 0 radical (unpaired) electrons. The lowest BCUT2D eigenvalue weighted by Gasteiger charge is -2.62. The second kappa shape index (κ2) is 7.61. The first-order valence-electron chi connectivity index (χ1n) is 9.49. The number of nitrogens with zero attached hydrogens (tertiary/aromatic N) is 3. The molecule has 2 rings (SSSR count). The Balaban J connectivity index is 1.96. The molecule has 0 spiro atoms. The number of nitrogens with one attached hydrogen (secondary N) is 1. The summed E-state index contributed by atoms with van der Waals surface area (Å²) in [4.78, 5) is 9.55. The van der Waals surface area contributed by atoms with Crippen LogP contribution in [0.4, 0.5) is 0 Å². The second-order valence-corrected chi connectivity index (χ2v) is 8.89. The Hall–Kier alpha value is -0.810. The van der Waals surface area contributed by atoms with Crippen LogP contribution in [0.3, 0.4) is 0 Å². The Morgan fingerprint density at radius 2 is 1.79 bits per heavy atom. The lowest BCUT2D eigenvalue weighted by Crippen LogP contribution is -2.72. The molecule has 2 fully saturated rings. The van der Waals surface area contributed by atoms with Crippen LogP contribution in [0.5, 0.6) is 0 Å². The summed E-state index contributed by atoms with van der Waals surface area (Å²) in [6, 6.07) is 0.544. The monoisotopic (exact) mass is 338 g/mol. The van der Waals surface area contributed by atoms with E-state index in [-0.39, 0.29) is 5.54 Å². The van der Waals surface area contributed by atoms with Gasteiger partial charge in [-0.2, -0.15) is 0 Å². The summed E-state index contributed by atoms with van der Waals surface area (Å²) in [5.41, 5.74) is 0.466. The van der Waals surface area contributed by atoms with E-state index in [1.54, 1.807) is 0 Å². The van der Waals surface area contributed by atoms with Crippen molar-refractivity contribution in [1.29, 1.82) is 0 Å². The van der Waals surface area contributed by atoms with Crippen molar-refractivity contribution in [2.24, 2.45) is 16.3 Å². The number of rotatable bonds is 5. The van der Waals surface area contributed by atoms with Gasteiger partial charge >= 0.3 is 0 Å². The normalized spacial score (nSPS) is 25.5. The topological polar surface area (TPSA) is 40.1 Å². The summed E-state index contributed by atoms with van der Waals surface area (Å²) in [6.45, 7) is 19.7. The minimum atomic E-state index is 0.140. The average molecular weight is 339 g/mol. The van der Waals surface area contributed by atoms with Gasteiger partial charge in [-0.15, -0.1) is 0 Å². The van der Waals surface area contributed by atoms with Gasteiger partial charge in [-0.05, 0) is 26.2 Å². The summed E-state index contributed by atoms with van der Waals surface area (Å²) in [5.74, 6) is 1.74. The van der Waals surface area contributed by atoms with E-state index in [1.807, 2.05) is 7.05 Å². The standard InChI is InChI=1S/C19H38N4O/c1-15(2)12-16(22-8-10-24-11-9-22)13-21-17(20-7)23-14-18(3,4)19(23,5)6/h15-16H,8-14H2,1-7H3,(H,20,21). The number of likely N-dealkylation sites (tertiary alicyclic amines) is 1. The van der Waals surface area contributed by atoms with E-state index in [4.69, 9.17) is 4.74 Å². The molecule has 2 aliphatic heterocycles. The second-order valence-electron chi connectivity index (χ2n) is 8.89. The zero-order chi connectivity index (χ0) is 18.0. The zero-order valence-electron chi connectivity index (χ0n) is 16.9. The van der Waals surface area contributed by atoms with Crippen LogP contribution in [0.2, 0.25) is 0 Å². The first kappa shape index (κ1) is 19.5. The molecule has 1 unspecified atom stereocenters. The number of aliphatic imine (C=N–C) groups is 1. The highest BCUT2D eigenvalue weighted by molar-refractivity contribution is 5.82. The molecule has 2 aliphatic rings. The molecule has 0 aromatic heterocycles. The molecular formula is C19H38N4O. The van der Waals surface area contributed by atoms with Gasteiger partial charge in [0.15, 0.2) is 5.96 Å². The van der Waals surface area contributed by atoms with Gasteiger partial charge in [0.2, 0.25) is 0 Å². The molecule has 0 bridgehead atoms. The molecule has 5 nitrogen and oxygen atoms in total. The molecule has 0 amide bonds. The van der Waals surface area contributed by atoms with E-state index in [1.165, 1.54) is 6.42 Å². The lowest BCUT2D eigenvalue weighted by molar-refractivity contribution is -0.0671. The fourth-order valence-electron chi connectivity index (χ4n) is 3.75. The van der Waals surface area contributed by atoms with Crippen LogP contribution in [0, 0.1) is 11.3 Å². The van der Waals surface area contributed by atoms with Gasteiger partial charge in [0, 0.05) is 50.2 Å². The van der Waals surface area contributed by atoms with Crippen molar-refractivity contribution < 1.29 is 4.74 Å². The largest absolute Gasteiger partial charge is 0.379 e. The van der Waals surface area contributed by atoms with Crippen LogP contribution in [0.15, 0.2) is 4.99 Å². The number of ether oxygens (including phenoxy) is 1. The highest BCUT2D eigenvalue weighted by atomic mass is 16.5. The molecule has 5 heteroatoms. The third-order valence-electron chi connectivity index (χ3n) is 6.15. The van der Waals surface area contributed by atoms with Crippen molar-refractivity contribution in [2.45, 2.75) is 59.5 Å². The van der Waals surface area contributed by atoms with Crippen molar-refractivity contribution in [1.82, 2.24) is 15.1 Å². The minimum Gasteiger partial charge on any atom is -0.379 e. The highest BCUT2D eigenvalue weighted by Crippen LogP contribution is 2.46. The summed E-state index contributed by atoms with van der Waals surface area (Å²) >= 11 is 0. The molecule has 1 atom stereocenters. The molecule has 1 N–H and O–H groups in total. The summed E-state index contributed by atoms with van der Waals surface area (Å²) in [5, 5.41) is 3.66. The van der Waals surface area contributed by atoms with Crippen molar-refractivity contribution in [3.05, 3.63) is 0 Å². The van der Waals surface area contributed by atoms with Gasteiger partial charge in [0.1, 0.15) is 0 Å². The Kier molecular flexibility index (Phi) is 6.19. The van der Waals surface area contributed by atoms with E-state index in [2.05, 4.69) is 61.7 Å². The first-order valence-corrected chi connectivity index (χ1v) is 9.49. The summed E-state index contributed by atoms with van der Waals surface area (Å²) in [6.07, 6.45) is 1.21. The third-order valence-corrected chi connectivity index (χ3v) is 6.15. The summed E-state index contributed by atoms with van der Waals surface area (Å²) in [7, 11) is 1.90. The Morgan fingerprint density at radius 1 is 1.17 bits per heavy atom. The van der Waals surface area contributed by atoms with Crippen LogP contribution in [0.25, 0.3) is 0 Å². The summed E-state index contributed by atoms with van der Waals surface area (Å²) < 4.78 is 5.52. The van der Waals surface area contributed by atoms with E-state index >= 15 is 0 Å². The molecule has 2 saturated heterocycles. The quantitative estimate of drug-likeness (QED) is 0.617. The fourth-order valence-corrected chi connectivity index (χ4v) is 3.75. The van der Waals surface area contributed by atoms with Crippen molar-refractivity contribution in [2.75, 3.05) is 46.4 Å². The van der Waals surface area contributed by atoms with Gasteiger partial charge in [-0.1, -0.05) is 27.7 Å². The lowest BCUT2D eigenvalue weighted by atomic mass is 9.65. The van der Waals surface area contributed by atoms with Crippen molar-refractivity contribution in [3.8, 4) is 0 Å². The third kappa shape index (κ3) is 4.05. The van der Waals surface area contributed by atoms with Crippen LogP contribution >= 0.6 is 0 Å². The van der Waals surface area contributed by atoms with Crippen LogP contribution < -0.4 is 5.32 Å². The minimum absolute atomic E-state index is 0.140. The smallest absolute Gasteiger partial charge is 0.194 e. The number of morpholine rings is 1. The van der Waals surface area contributed by atoms with E-state index in [0.717, 1.165) is 45.4 Å². The number of hydrogen-bond acceptors (Lipinski definition) is 3. The maximum atomic E-state index is 5.52. The molecule has 24 heavy (non-hydrogen) atoms. The maximum absolute atomic E-state index is 5.52. The predicted molar refractivity (Wildman–Crippen MR) is 102 cm³/mol. The molecule has 0 aliphatic carbocycles. The zero-order valence-corrected chi connectivity index (χ0v) is 16.9. The Labute approximate surface area is 148 Å². The highest BCUT2D eigenvalue weighted by Gasteiger charge is 2.53. The number of hydrogen-bond donors (Lipinski definition) is 1. The van der Waals surface area contributed by atoms with Gasteiger partial charge in [-0.25, -0.2) is 0 Å². The van der Waals surface area contributed by atoms with E-state index in [0.29, 0.717) is 17.4 Å². The van der Waals surface area contributed by atoms with Gasteiger partial charge in [0.25, 0.3) is 0 Å². The molecule has 0 aromatic rings. The molecular weight excluding hydrogens is 300 g/mol. The Bertz CT molecular complexity index is 439. The molecule has 0 aromatic carbocycles. The maximum Gasteiger partial charge on any atom is 0.194 e. The molecule has 2 heterocycles. The van der Waals surface area contributed by atoms with E-state index < -0.39 is 0 Å². The van der Waals surface area contributed by atoms with Crippen LogP contribution in [0.1, 0.15) is 48.0 Å². The van der Waals surface area contributed by atoms with E-state index in [9.17, 15) is 0 Å². The molecule has 140 valence electrons. The number of guanidine groups is 1. The first-order chi connectivity index (χ1) is 11.2. The van der Waals surface area contributed by atoms with Gasteiger partial charge < -0.3 is 15.0 Å². The van der Waals surface area contributed by atoms with Crippen LogP contribution in [-0.4, -0.2) is 73.8 Å².